The van der Waals surface area contributed by atoms with Gasteiger partial charge in [0.15, 0.2) is 0 Å². The second kappa shape index (κ2) is 9.82. The normalized spacial score (nSPS) is 10.9. The fourth-order valence-corrected chi connectivity index (χ4v) is 3.69. The van der Waals surface area contributed by atoms with Gasteiger partial charge in [0.25, 0.3) is 5.91 Å². The van der Waals surface area contributed by atoms with Crippen LogP contribution >= 0.6 is 0 Å². The zero-order chi connectivity index (χ0) is 21.4. The van der Waals surface area contributed by atoms with Gasteiger partial charge in [-0.2, -0.15) is 0 Å². The molecular formula is C22H21N3O4S. The largest absolute Gasteiger partial charge is 0.438 e. The average Bonchev–Trinajstić information content (AvgIpc) is 2.74. The van der Waals surface area contributed by atoms with Gasteiger partial charge < -0.3 is 10.1 Å². The van der Waals surface area contributed by atoms with Gasteiger partial charge in [0.2, 0.25) is 15.9 Å². The van der Waals surface area contributed by atoms with Crippen LogP contribution < -0.4 is 14.8 Å². The lowest BCUT2D eigenvalue weighted by Gasteiger charge is -2.11. The molecule has 0 aliphatic carbocycles. The van der Waals surface area contributed by atoms with E-state index in [0.29, 0.717) is 17.0 Å². The van der Waals surface area contributed by atoms with E-state index in [2.05, 4.69) is 21.6 Å². The Hall–Kier alpha value is -3.49. The molecule has 1 amide bonds. The third-order valence-electron chi connectivity index (χ3n) is 3.99. The number of rotatable bonds is 9. The van der Waals surface area contributed by atoms with Crippen molar-refractivity contribution in [2.75, 3.05) is 11.9 Å². The van der Waals surface area contributed by atoms with E-state index in [4.69, 9.17) is 4.74 Å². The zero-order valence-electron chi connectivity index (χ0n) is 16.1. The van der Waals surface area contributed by atoms with E-state index < -0.39 is 10.0 Å². The highest BCUT2D eigenvalue weighted by Crippen LogP contribution is 2.23. The van der Waals surface area contributed by atoms with Gasteiger partial charge in [-0.05, 0) is 42.0 Å². The summed E-state index contributed by atoms with van der Waals surface area (Å²) in [6, 6.07) is 18.9. The minimum absolute atomic E-state index is 0.160. The van der Waals surface area contributed by atoms with Crippen molar-refractivity contribution in [1.29, 1.82) is 0 Å². The molecule has 0 saturated heterocycles. The number of para-hydroxylation sites is 1. The number of carbonyl (C=O) groups is 1. The summed E-state index contributed by atoms with van der Waals surface area (Å²) in [5, 5.41) is 2.77. The van der Waals surface area contributed by atoms with Crippen molar-refractivity contribution in [3.05, 3.63) is 96.7 Å². The van der Waals surface area contributed by atoms with Crippen LogP contribution in [0, 0.1) is 0 Å². The highest BCUT2D eigenvalue weighted by Gasteiger charge is 2.15. The van der Waals surface area contributed by atoms with Crippen molar-refractivity contribution in [3.63, 3.8) is 0 Å². The Balaban J connectivity index is 1.69. The molecule has 0 atom stereocenters. The van der Waals surface area contributed by atoms with Crippen LogP contribution in [-0.4, -0.2) is 25.9 Å². The smallest absolute Gasteiger partial charge is 0.261 e. The number of amides is 1. The lowest BCUT2D eigenvalue weighted by molar-refractivity contribution is 0.102. The molecule has 154 valence electrons. The molecule has 0 radical (unpaired) electrons. The van der Waals surface area contributed by atoms with Crippen molar-refractivity contribution in [2.45, 2.75) is 5.75 Å². The summed E-state index contributed by atoms with van der Waals surface area (Å²) in [7, 11) is -3.44. The first kappa shape index (κ1) is 21.2. The number of hydrogen-bond donors (Lipinski definition) is 2. The Morgan fingerprint density at radius 2 is 1.77 bits per heavy atom. The van der Waals surface area contributed by atoms with E-state index in [1.807, 2.05) is 18.2 Å². The summed E-state index contributed by atoms with van der Waals surface area (Å²) in [6.07, 6.45) is 3.02. The summed E-state index contributed by atoms with van der Waals surface area (Å²) in [5.41, 5.74) is 1.40. The molecule has 0 unspecified atom stereocenters. The van der Waals surface area contributed by atoms with E-state index in [0.717, 1.165) is 0 Å². The monoisotopic (exact) mass is 423 g/mol. The lowest BCUT2D eigenvalue weighted by Crippen LogP contribution is -2.25. The number of aromatic nitrogens is 1. The highest BCUT2D eigenvalue weighted by molar-refractivity contribution is 7.88. The summed E-state index contributed by atoms with van der Waals surface area (Å²) < 4.78 is 32.0. The van der Waals surface area contributed by atoms with Gasteiger partial charge in [-0.3, -0.25) is 4.79 Å². The van der Waals surface area contributed by atoms with Crippen LogP contribution in [0.25, 0.3) is 0 Å². The van der Waals surface area contributed by atoms with E-state index in [9.17, 15) is 13.2 Å². The Morgan fingerprint density at radius 1 is 1.03 bits per heavy atom. The van der Waals surface area contributed by atoms with Crippen LogP contribution in [-0.2, 0) is 15.8 Å². The summed E-state index contributed by atoms with van der Waals surface area (Å²) in [5.74, 6) is 0.215. The van der Waals surface area contributed by atoms with Gasteiger partial charge in [-0.15, -0.1) is 6.58 Å². The Kier molecular flexibility index (Phi) is 6.95. The zero-order valence-corrected chi connectivity index (χ0v) is 16.9. The van der Waals surface area contributed by atoms with Crippen molar-refractivity contribution in [2.24, 2.45) is 0 Å². The maximum Gasteiger partial charge on any atom is 0.261 e. The third kappa shape index (κ3) is 6.00. The molecule has 0 bridgehead atoms. The fourth-order valence-electron chi connectivity index (χ4n) is 2.58. The first-order valence-electron chi connectivity index (χ1n) is 9.13. The second-order valence-corrected chi connectivity index (χ2v) is 8.13. The van der Waals surface area contributed by atoms with Gasteiger partial charge >= 0.3 is 0 Å². The molecule has 3 rings (SSSR count). The van der Waals surface area contributed by atoms with Gasteiger partial charge in [0, 0.05) is 18.4 Å². The molecule has 30 heavy (non-hydrogen) atoms. The number of nitrogens with zero attached hydrogens (tertiary/aromatic N) is 1. The van der Waals surface area contributed by atoms with Gasteiger partial charge in [0.1, 0.15) is 11.3 Å². The second-order valence-electron chi connectivity index (χ2n) is 6.32. The molecule has 2 N–H and O–H groups in total. The number of hydrogen-bond acceptors (Lipinski definition) is 5. The minimum atomic E-state index is -3.44. The molecule has 0 fully saturated rings. The molecule has 1 aromatic heterocycles. The van der Waals surface area contributed by atoms with Gasteiger partial charge in [-0.1, -0.05) is 36.4 Å². The van der Waals surface area contributed by atoms with Gasteiger partial charge in [0.05, 0.1) is 5.75 Å². The Labute approximate surface area is 175 Å². The van der Waals surface area contributed by atoms with Gasteiger partial charge in [-0.25, -0.2) is 18.1 Å². The maximum atomic E-state index is 12.7. The Morgan fingerprint density at radius 3 is 2.47 bits per heavy atom. The molecule has 0 aliphatic heterocycles. The van der Waals surface area contributed by atoms with Crippen LogP contribution in [0.2, 0.25) is 0 Å². The van der Waals surface area contributed by atoms with Crippen molar-refractivity contribution >= 4 is 21.6 Å². The molecule has 3 aromatic rings. The van der Waals surface area contributed by atoms with Crippen LogP contribution in [0.5, 0.6) is 11.6 Å². The van der Waals surface area contributed by atoms with E-state index >= 15 is 0 Å². The number of anilines is 1. The summed E-state index contributed by atoms with van der Waals surface area (Å²) >= 11 is 0. The lowest BCUT2D eigenvalue weighted by atomic mass is 10.2. The number of carbonyl (C=O) groups excluding carboxylic acids is 1. The average molecular weight is 423 g/mol. The Bertz CT molecular complexity index is 1110. The van der Waals surface area contributed by atoms with Crippen molar-refractivity contribution in [1.82, 2.24) is 9.71 Å². The van der Waals surface area contributed by atoms with Crippen LogP contribution in [0.1, 0.15) is 15.9 Å². The molecule has 1 heterocycles. The van der Waals surface area contributed by atoms with Crippen molar-refractivity contribution in [3.8, 4) is 11.6 Å². The molecule has 7 nitrogen and oxygen atoms in total. The van der Waals surface area contributed by atoms with E-state index in [1.54, 1.807) is 54.7 Å². The van der Waals surface area contributed by atoms with Crippen LogP contribution in [0.15, 0.2) is 85.6 Å². The first-order valence-corrected chi connectivity index (χ1v) is 10.8. The summed E-state index contributed by atoms with van der Waals surface area (Å²) in [4.78, 5) is 16.9. The number of benzene rings is 2. The highest BCUT2D eigenvalue weighted by atomic mass is 32.2. The topological polar surface area (TPSA) is 97.4 Å². The predicted octanol–water partition coefficient (Wildman–Crippen LogP) is 3.73. The summed E-state index contributed by atoms with van der Waals surface area (Å²) in [6.45, 7) is 3.66. The maximum absolute atomic E-state index is 12.7. The molecule has 0 aliphatic rings. The SMILES string of the molecule is C=CCNS(=O)(=O)Cc1ccc(NC(=O)c2cccnc2Oc2ccccc2)cc1. The quantitative estimate of drug-likeness (QED) is 0.511. The third-order valence-corrected chi connectivity index (χ3v) is 5.31. The molecule has 2 aromatic carbocycles. The van der Waals surface area contributed by atoms with E-state index in [1.165, 1.54) is 6.08 Å². The van der Waals surface area contributed by atoms with Crippen LogP contribution in [0.4, 0.5) is 5.69 Å². The number of ether oxygens (including phenoxy) is 1. The molecular weight excluding hydrogens is 402 g/mol. The number of sulfonamides is 1. The molecule has 0 spiro atoms. The molecule has 0 saturated carbocycles. The van der Waals surface area contributed by atoms with Crippen LogP contribution in [0.3, 0.4) is 0 Å². The minimum Gasteiger partial charge on any atom is -0.438 e. The predicted molar refractivity (Wildman–Crippen MR) is 116 cm³/mol. The number of nitrogens with one attached hydrogen (secondary N) is 2. The number of pyridine rings is 1. The fraction of sp³-hybridized carbons (Fsp3) is 0.0909. The van der Waals surface area contributed by atoms with Crippen molar-refractivity contribution < 1.29 is 17.9 Å². The molecule has 8 heteroatoms. The standard InChI is InChI=1S/C22H21N3O4S/c1-2-14-24-30(27,28)16-17-10-12-18(13-11-17)25-21(26)20-9-6-15-23-22(20)29-19-7-4-3-5-8-19/h2-13,15,24H,1,14,16H2,(H,25,26). The van der Waals surface area contributed by atoms with E-state index in [-0.39, 0.29) is 29.6 Å². The first-order chi connectivity index (χ1) is 14.5.